The SMILES string of the molecule is CCCCCOC(=O)C1CCCC1C(=O)OCCCCC. The molecule has 0 aromatic carbocycles. The minimum atomic E-state index is -0.287. The van der Waals surface area contributed by atoms with Crippen LogP contribution in [-0.2, 0) is 19.1 Å². The second-order valence-corrected chi connectivity index (χ2v) is 5.89. The fourth-order valence-corrected chi connectivity index (χ4v) is 2.79. The summed E-state index contributed by atoms with van der Waals surface area (Å²) in [6.45, 7) is 5.18. The number of unbranched alkanes of at least 4 members (excludes halogenated alkanes) is 4. The molecule has 21 heavy (non-hydrogen) atoms. The molecule has 4 heteroatoms. The average Bonchev–Trinajstić information content (AvgIpc) is 2.97. The molecular formula is C17H30O4. The van der Waals surface area contributed by atoms with Crippen molar-refractivity contribution in [2.75, 3.05) is 13.2 Å². The van der Waals surface area contributed by atoms with Crippen LogP contribution < -0.4 is 0 Å². The van der Waals surface area contributed by atoms with Crippen molar-refractivity contribution < 1.29 is 19.1 Å². The number of hydrogen-bond donors (Lipinski definition) is 0. The van der Waals surface area contributed by atoms with Crippen LogP contribution in [0.5, 0.6) is 0 Å². The summed E-state index contributed by atoms with van der Waals surface area (Å²) in [6.07, 6.45) is 8.57. The Bertz CT molecular complexity index is 284. The zero-order valence-electron chi connectivity index (χ0n) is 13.6. The lowest BCUT2D eigenvalue weighted by Crippen LogP contribution is -2.29. The molecule has 0 heterocycles. The van der Waals surface area contributed by atoms with Crippen LogP contribution in [0.2, 0.25) is 0 Å². The molecule has 0 spiro atoms. The smallest absolute Gasteiger partial charge is 0.309 e. The van der Waals surface area contributed by atoms with Crippen molar-refractivity contribution in [3.63, 3.8) is 0 Å². The van der Waals surface area contributed by atoms with E-state index in [-0.39, 0.29) is 23.8 Å². The molecule has 4 nitrogen and oxygen atoms in total. The van der Waals surface area contributed by atoms with E-state index in [4.69, 9.17) is 9.47 Å². The molecule has 0 saturated heterocycles. The predicted molar refractivity (Wildman–Crippen MR) is 81.8 cm³/mol. The predicted octanol–water partition coefficient (Wildman–Crippen LogP) is 3.87. The number of ether oxygens (including phenoxy) is 2. The van der Waals surface area contributed by atoms with Gasteiger partial charge in [-0.3, -0.25) is 9.59 Å². The Morgan fingerprint density at radius 1 is 0.810 bits per heavy atom. The fourth-order valence-electron chi connectivity index (χ4n) is 2.79. The maximum absolute atomic E-state index is 12.1. The van der Waals surface area contributed by atoms with Gasteiger partial charge in [0, 0.05) is 0 Å². The van der Waals surface area contributed by atoms with Crippen molar-refractivity contribution in [2.24, 2.45) is 11.8 Å². The Balaban J connectivity index is 2.32. The molecule has 0 bridgehead atoms. The lowest BCUT2D eigenvalue weighted by atomic mass is 9.96. The second-order valence-electron chi connectivity index (χ2n) is 5.89. The lowest BCUT2D eigenvalue weighted by molar-refractivity contribution is -0.159. The van der Waals surface area contributed by atoms with Crippen LogP contribution in [-0.4, -0.2) is 25.2 Å². The minimum absolute atomic E-state index is 0.209. The second kappa shape index (κ2) is 10.6. The van der Waals surface area contributed by atoms with Gasteiger partial charge in [-0.15, -0.1) is 0 Å². The standard InChI is InChI=1S/C17H30O4/c1-3-5-7-12-20-16(18)14-10-9-11-15(14)17(19)21-13-8-6-4-2/h14-15H,3-13H2,1-2H3. The largest absolute Gasteiger partial charge is 0.465 e. The summed E-state index contributed by atoms with van der Waals surface area (Å²) in [5.41, 5.74) is 0. The van der Waals surface area contributed by atoms with Gasteiger partial charge in [0.2, 0.25) is 0 Å². The highest BCUT2D eigenvalue weighted by Crippen LogP contribution is 2.33. The van der Waals surface area contributed by atoms with Gasteiger partial charge >= 0.3 is 11.9 Å². The fraction of sp³-hybridized carbons (Fsp3) is 0.882. The number of carbonyl (C=O) groups excluding carboxylic acids is 2. The summed E-state index contributed by atoms with van der Waals surface area (Å²) < 4.78 is 10.6. The van der Waals surface area contributed by atoms with Crippen molar-refractivity contribution >= 4 is 11.9 Å². The zero-order valence-corrected chi connectivity index (χ0v) is 13.6. The first-order valence-corrected chi connectivity index (χ1v) is 8.54. The van der Waals surface area contributed by atoms with Crippen molar-refractivity contribution in [3.8, 4) is 0 Å². The Hall–Kier alpha value is -1.06. The molecule has 1 saturated carbocycles. The summed E-state index contributed by atoms with van der Waals surface area (Å²) >= 11 is 0. The molecule has 0 amide bonds. The maximum Gasteiger partial charge on any atom is 0.309 e. The van der Waals surface area contributed by atoms with Crippen molar-refractivity contribution in [1.82, 2.24) is 0 Å². The van der Waals surface area contributed by atoms with Gasteiger partial charge in [-0.1, -0.05) is 46.0 Å². The van der Waals surface area contributed by atoms with E-state index in [0.29, 0.717) is 13.2 Å². The van der Waals surface area contributed by atoms with E-state index in [1.54, 1.807) is 0 Å². The summed E-state index contributed by atoms with van der Waals surface area (Å²) in [5, 5.41) is 0. The van der Waals surface area contributed by atoms with Gasteiger partial charge in [-0.2, -0.15) is 0 Å². The van der Waals surface area contributed by atoms with E-state index >= 15 is 0 Å². The van der Waals surface area contributed by atoms with Crippen LogP contribution in [0.15, 0.2) is 0 Å². The van der Waals surface area contributed by atoms with Gasteiger partial charge in [0.1, 0.15) is 0 Å². The molecule has 0 aliphatic heterocycles. The van der Waals surface area contributed by atoms with E-state index < -0.39 is 0 Å². The van der Waals surface area contributed by atoms with E-state index in [0.717, 1.165) is 57.8 Å². The van der Waals surface area contributed by atoms with Gasteiger partial charge in [-0.05, 0) is 25.7 Å². The summed E-state index contributed by atoms with van der Waals surface area (Å²) in [7, 11) is 0. The van der Waals surface area contributed by atoms with Gasteiger partial charge in [-0.25, -0.2) is 0 Å². The summed E-state index contributed by atoms with van der Waals surface area (Å²) in [6, 6.07) is 0. The Morgan fingerprint density at radius 2 is 1.24 bits per heavy atom. The van der Waals surface area contributed by atoms with Crippen LogP contribution in [0.3, 0.4) is 0 Å². The van der Waals surface area contributed by atoms with Crippen LogP contribution in [0.4, 0.5) is 0 Å². The molecule has 1 rings (SSSR count). The van der Waals surface area contributed by atoms with Crippen molar-refractivity contribution in [2.45, 2.75) is 71.6 Å². The molecule has 1 fully saturated rings. The minimum Gasteiger partial charge on any atom is -0.465 e. The quantitative estimate of drug-likeness (QED) is 0.454. The third-order valence-electron chi connectivity index (χ3n) is 4.11. The molecular weight excluding hydrogens is 268 g/mol. The first kappa shape index (κ1) is 18.0. The molecule has 122 valence electrons. The van der Waals surface area contributed by atoms with Crippen LogP contribution in [0.1, 0.15) is 71.6 Å². The number of carbonyl (C=O) groups is 2. The van der Waals surface area contributed by atoms with Crippen molar-refractivity contribution in [1.29, 1.82) is 0 Å². The molecule has 0 N–H and O–H groups in total. The van der Waals surface area contributed by atoms with E-state index in [1.807, 2.05) is 0 Å². The average molecular weight is 298 g/mol. The molecule has 2 atom stereocenters. The van der Waals surface area contributed by atoms with Crippen LogP contribution >= 0.6 is 0 Å². The van der Waals surface area contributed by atoms with Crippen LogP contribution in [0, 0.1) is 11.8 Å². The lowest BCUT2D eigenvalue weighted by Gasteiger charge is -2.17. The van der Waals surface area contributed by atoms with E-state index in [9.17, 15) is 9.59 Å². The third kappa shape index (κ3) is 6.49. The summed E-state index contributed by atoms with van der Waals surface area (Å²) in [4.78, 5) is 24.1. The molecule has 1 aliphatic carbocycles. The van der Waals surface area contributed by atoms with Crippen LogP contribution in [0.25, 0.3) is 0 Å². The van der Waals surface area contributed by atoms with E-state index in [1.165, 1.54) is 0 Å². The first-order valence-electron chi connectivity index (χ1n) is 8.54. The highest BCUT2D eigenvalue weighted by molar-refractivity contribution is 5.82. The monoisotopic (exact) mass is 298 g/mol. The van der Waals surface area contributed by atoms with E-state index in [2.05, 4.69) is 13.8 Å². The number of esters is 2. The molecule has 0 aromatic heterocycles. The summed E-state index contributed by atoms with van der Waals surface area (Å²) in [5.74, 6) is -0.992. The van der Waals surface area contributed by atoms with Gasteiger partial charge < -0.3 is 9.47 Å². The Morgan fingerprint density at radius 3 is 1.62 bits per heavy atom. The number of rotatable bonds is 10. The van der Waals surface area contributed by atoms with Crippen molar-refractivity contribution in [3.05, 3.63) is 0 Å². The normalized spacial score (nSPS) is 21.2. The van der Waals surface area contributed by atoms with Gasteiger partial charge in [0.25, 0.3) is 0 Å². The van der Waals surface area contributed by atoms with Gasteiger partial charge in [0.15, 0.2) is 0 Å². The molecule has 0 aromatic rings. The number of hydrogen-bond acceptors (Lipinski definition) is 4. The Kier molecular flexibility index (Phi) is 9.11. The highest BCUT2D eigenvalue weighted by Gasteiger charge is 2.39. The highest BCUT2D eigenvalue weighted by atomic mass is 16.5. The van der Waals surface area contributed by atoms with Gasteiger partial charge in [0.05, 0.1) is 25.0 Å². The molecule has 1 aliphatic rings. The third-order valence-corrected chi connectivity index (χ3v) is 4.11. The first-order chi connectivity index (χ1) is 10.2. The zero-order chi connectivity index (χ0) is 15.5. The Labute approximate surface area is 128 Å². The molecule has 2 unspecified atom stereocenters. The topological polar surface area (TPSA) is 52.6 Å². The molecule has 0 radical (unpaired) electrons. The maximum atomic E-state index is 12.1.